The Kier molecular flexibility index (Phi) is 5.43. The Hall–Kier alpha value is -1.87. The molecule has 4 nitrogen and oxygen atoms in total. The molecule has 136 valence electrons. The summed E-state index contributed by atoms with van der Waals surface area (Å²) in [6.45, 7) is 1.01. The molecule has 0 spiro atoms. The Bertz CT molecular complexity index is 601. The van der Waals surface area contributed by atoms with Crippen molar-refractivity contribution in [3.63, 3.8) is 0 Å². The number of nitriles is 1. The Morgan fingerprint density at radius 2 is 1.76 bits per heavy atom. The monoisotopic (exact) mass is 350 g/mol. The van der Waals surface area contributed by atoms with Gasteiger partial charge in [-0.3, -0.25) is 4.90 Å². The maximum Gasteiger partial charge on any atom is 0.387 e. The zero-order valence-corrected chi connectivity index (χ0v) is 14.5. The van der Waals surface area contributed by atoms with Gasteiger partial charge in [0.2, 0.25) is 0 Å². The Morgan fingerprint density at radius 1 is 1.16 bits per heavy atom. The van der Waals surface area contributed by atoms with Crippen molar-refractivity contribution in [1.82, 2.24) is 4.90 Å². The number of likely N-dealkylation sites (tertiary alicyclic amines) is 1. The molecule has 3 rings (SSSR count). The molecule has 0 radical (unpaired) electrons. The standard InChI is InChI=1S/C19H24F2N2O2/c1-19(25-17-8-6-16(7-9-17)24-18(20)21)12-23(13-19)15-4-2-14(3-5-15)10-11-22/h6-9,14-15,18H,2-5,10,12-13H2,1H3. The van der Waals surface area contributed by atoms with Gasteiger partial charge in [-0.2, -0.15) is 14.0 Å². The van der Waals surface area contributed by atoms with Crippen molar-refractivity contribution >= 4 is 0 Å². The summed E-state index contributed by atoms with van der Waals surface area (Å²) in [5.41, 5.74) is -0.241. The van der Waals surface area contributed by atoms with Crippen LogP contribution in [0.2, 0.25) is 0 Å². The van der Waals surface area contributed by atoms with Gasteiger partial charge in [0.1, 0.15) is 17.1 Å². The molecule has 1 saturated carbocycles. The van der Waals surface area contributed by atoms with Gasteiger partial charge in [-0.1, -0.05) is 0 Å². The number of hydrogen-bond acceptors (Lipinski definition) is 4. The lowest BCUT2D eigenvalue weighted by atomic mass is 9.81. The number of nitrogens with zero attached hydrogens (tertiary/aromatic N) is 2. The fourth-order valence-electron chi connectivity index (χ4n) is 3.95. The molecule has 1 heterocycles. The van der Waals surface area contributed by atoms with Gasteiger partial charge in [0.05, 0.1) is 6.07 Å². The maximum atomic E-state index is 12.2. The van der Waals surface area contributed by atoms with Crippen molar-refractivity contribution < 1.29 is 18.3 Å². The van der Waals surface area contributed by atoms with Crippen LogP contribution in [-0.2, 0) is 0 Å². The van der Waals surface area contributed by atoms with Crippen LogP contribution in [0.3, 0.4) is 0 Å². The van der Waals surface area contributed by atoms with Crippen molar-refractivity contribution in [1.29, 1.82) is 5.26 Å². The molecule has 0 aromatic heterocycles. The first-order chi connectivity index (χ1) is 12.0. The molecule has 1 aliphatic carbocycles. The van der Waals surface area contributed by atoms with Crippen LogP contribution < -0.4 is 9.47 Å². The van der Waals surface area contributed by atoms with Crippen molar-refractivity contribution in [3.05, 3.63) is 24.3 Å². The minimum Gasteiger partial charge on any atom is -0.485 e. The number of alkyl halides is 2. The van der Waals surface area contributed by atoms with Gasteiger partial charge in [0, 0.05) is 25.6 Å². The van der Waals surface area contributed by atoms with Crippen LogP contribution in [0.4, 0.5) is 8.78 Å². The molecule has 1 saturated heterocycles. The van der Waals surface area contributed by atoms with Crippen molar-refractivity contribution in [2.24, 2.45) is 5.92 Å². The summed E-state index contributed by atoms with van der Waals surface area (Å²) < 4.78 is 34.7. The number of hydrogen-bond donors (Lipinski definition) is 0. The van der Waals surface area contributed by atoms with Gasteiger partial charge in [0.15, 0.2) is 0 Å². The van der Waals surface area contributed by atoms with E-state index >= 15 is 0 Å². The summed E-state index contributed by atoms with van der Waals surface area (Å²) in [4.78, 5) is 2.46. The van der Waals surface area contributed by atoms with E-state index in [2.05, 4.69) is 22.6 Å². The van der Waals surface area contributed by atoms with Crippen LogP contribution in [0.5, 0.6) is 11.5 Å². The third kappa shape index (κ3) is 4.60. The quantitative estimate of drug-likeness (QED) is 0.771. The summed E-state index contributed by atoms with van der Waals surface area (Å²) in [6, 6.07) is 9.20. The second kappa shape index (κ2) is 7.57. The van der Waals surface area contributed by atoms with Crippen LogP contribution >= 0.6 is 0 Å². The van der Waals surface area contributed by atoms with E-state index in [-0.39, 0.29) is 11.4 Å². The molecule has 1 aliphatic heterocycles. The second-order valence-corrected chi connectivity index (χ2v) is 7.34. The smallest absolute Gasteiger partial charge is 0.387 e. The van der Waals surface area contributed by atoms with E-state index < -0.39 is 6.61 Å². The first-order valence-corrected chi connectivity index (χ1v) is 8.82. The predicted molar refractivity (Wildman–Crippen MR) is 89.7 cm³/mol. The molecule has 2 fully saturated rings. The van der Waals surface area contributed by atoms with Crippen molar-refractivity contribution in [2.75, 3.05) is 13.1 Å². The zero-order chi connectivity index (χ0) is 17.9. The molecule has 25 heavy (non-hydrogen) atoms. The van der Waals surface area contributed by atoms with E-state index in [1.54, 1.807) is 12.1 Å². The normalized spacial score (nSPS) is 25.9. The fourth-order valence-corrected chi connectivity index (χ4v) is 3.95. The summed E-state index contributed by atoms with van der Waals surface area (Å²) in [7, 11) is 0. The molecule has 0 bridgehead atoms. The summed E-state index contributed by atoms with van der Waals surface area (Å²) in [6.07, 6.45) is 5.26. The van der Waals surface area contributed by atoms with Gasteiger partial charge < -0.3 is 9.47 Å². The van der Waals surface area contributed by atoms with E-state index in [1.807, 2.05) is 0 Å². The summed E-state index contributed by atoms with van der Waals surface area (Å²) >= 11 is 0. The fraction of sp³-hybridized carbons (Fsp3) is 0.632. The highest BCUT2D eigenvalue weighted by atomic mass is 19.3. The van der Waals surface area contributed by atoms with Crippen LogP contribution in [0.25, 0.3) is 0 Å². The van der Waals surface area contributed by atoms with Gasteiger partial charge in [0.25, 0.3) is 0 Å². The molecule has 6 heteroatoms. The van der Waals surface area contributed by atoms with Gasteiger partial charge in [-0.05, 0) is 62.8 Å². The molecule has 0 atom stereocenters. The van der Waals surface area contributed by atoms with E-state index in [0.717, 1.165) is 38.8 Å². The van der Waals surface area contributed by atoms with E-state index in [9.17, 15) is 8.78 Å². The second-order valence-electron chi connectivity index (χ2n) is 7.34. The molecule has 0 amide bonds. The average Bonchev–Trinajstić information content (AvgIpc) is 2.55. The minimum absolute atomic E-state index is 0.136. The molecule has 2 aliphatic rings. The summed E-state index contributed by atoms with van der Waals surface area (Å²) in [5.74, 6) is 1.37. The van der Waals surface area contributed by atoms with Crippen LogP contribution in [0, 0.1) is 17.2 Å². The van der Waals surface area contributed by atoms with Gasteiger partial charge >= 0.3 is 6.61 Å². The van der Waals surface area contributed by atoms with Crippen LogP contribution in [0.1, 0.15) is 39.0 Å². The summed E-state index contributed by atoms with van der Waals surface area (Å²) in [5, 5.41) is 8.80. The first-order valence-electron chi connectivity index (χ1n) is 8.82. The third-order valence-corrected chi connectivity index (χ3v) is 5.20. The largest absolute Gasteiger partial charge is 0.485 e. The van der Waals surface area contributed by atoms with E-state index in [4.69, 9.17) is 10.00 Å². The number of halogens is 2. The minimum atomic E-state index is -2.81. The highest BCUT2D eigenvalue weighted by Crippen LogP contribution is 2.36. The van der Waals surface area contributed by atoms with Crippen LogP contribution in [0.15, 0.2) is 24.3 Å². The van der Waals surface area contributed by atoms with Crippen molar-refractivity contribution in [3.8, 4) is 17.6 Å². The molecular weight excluding hydrogens is 326 g/mol. The third-order valence-electron chi connectivity index (χ3n) is 5.20. The molecular formula is C19H24F2N2O2. The van der Waals surface area contributed by atoms with E-state index in [1.165, 1.54) is 12.1 Å². The van der Waals surface area contributed by atoms with Crippen molar-refractivity contribution in [2.45, 2.75) is 57.3 Å². The van der Waals surface area contributed by atoms with E-state index in [0.29, 0.717) is 24.1 Å². The number of ether oxygens (including phenoxy) is 2. The van der Waals surface area contributed by atoms with Gasteiger partial charge in [-0.25, -0.2) is 0 Å². The highest BCUT2D eigenvalue weighted by molar-refractivity contribution is 5.32. The zero-order valence-electron chi connectivity index (χ0n) is 14.5. The van der Waals surface area contributed by atoms with Crippen LogP contribution in [-0.4, -0.2) is 36.2 Å². The average molecular weight is 350 g/mol. The van der Waals surface area contributed by atoms with Gasteiger partial charge in [-0.15, -0.1) is 0 Å². The first kappa shape index (κ1) is 17.9. The Morgan fingerprint density at radius 3 is 2.32 bits per heavy atom. The number of rotatable bonds is 6. The lowest BCUT2D eigenvalue weighted by molar-refractivity contribution is -0.0915. The maximum absolute atomic E-state index is 12.2. The highest BCUT2D eigenvalue weighted by Gasteiger charge is 2.44. The molecule has 0 N–H and O–H groups in total. The lowest BCUT2D eigenvalue weighted by Gasteiger charge is -2.52. The SMILES string of the molecule is CC1(Oc2ccc(OC(F)F)cc2)CN(C2CCC(CC#N)CC2)C1. The molecule has 1 aromatic rings. The topological polar surface area (TPSA) is 45.5 Å². The number of benzene rings is 1. The Labute approximate surface area is 147 Å². The lowest BCUT2D eigenvalue weighted by Crippen LogP contribution is -2.66. The molecule has 0 unspecified atom stereocenters. The predicted octanol–water partition coefficient (Wildman–Crippen LogP) is 4.21. The Balaban J connectivity index is 1.45. The molecule has 1 aromatic carbocycles.